The van der Waals surface area contributed by atoms with E-state index in [0.29, 0.717) is 19.2 Å². The second kappa shape index (κ2) is 6.31. The summed E-state index contributed by atoms with van der Waals surface area (Å²) in [6.45, 7) is 1.97. The van der Waals surface area contributed by atoms with Crippen LogP contribution < -0.4 is 15.8 Å². The molecule has 0 aromatic heterocycles. The van der Waals surface area contributed by atoms with Crippen LogP contribution in [0.15, 0.2) is 18.2 Å². The predicted molar refractivity (Wildman–Crippen MR) is 68.1 cm³/mol. The molecule has 1 aromatic carbocycles. The van der Waals surface area contributed by atoms with Crippen LogP contribution in [-0.2, 0) is 10.9 Å². The van der Waals surface area contributed by atoms with Crippen LogP contribution in [-0.4, -0.2) is 38.3 Å². The molecule has 2 rings (SSSR count). The third kappa shape index (κ3) is 4.08. The standard InChI is InChI=1S/C13H15F3N2O3/c14-13(15,16)8-1-2-11(10(5-8)12(17)19)21-7-9-6-18-3-4-20-9/h1-2,5,9,18H,3-4,6-7H2,(H2,17,19). The summed E-state index contributed by atoms with van der Waals surface area (Å²) >= 11 is 0. The average molecular weight is 304 g/mol. The van der Waals surface area contributed by atoms with Gasteiger partial charge in [-0.2, -0.15) is 13.2 Å². The van der Waals surface area contributed by atoms with Crippen molar-refractivity contribution in [2.45, 2.75) is 12.3 Å². The molecule has 0 spiro atoms. The van der Waals surface area contributed by atoms with Crippen LogP contribution in [0, 0.1) is 0 Å². The monoisotopic (exact) mass is 304 g/mol. The maximum atomic E-state index is 12.6. The van der Waals surface area contributed by atoms with Gasteiger partial charge in [-0.15, -0.1) is 0 Å². The molecular formula is C13H15F3N2O3. The molecule has 0 aliphatic carbocycles. The van der Waals surface area contributed by atoms with Crippen LogP contribution in [0.2, 0.25) is 0 Å². The molecular weight excluding hydrogens is 289 g/mol. The Labute approximate surface area is 119 Å². The zero-order valence-corrected chi connectivity index (χ0v) is 11.1. The van der Waals surface area contributed by atoms with Gasteiger partial charge in [-0.25, -0.2) is 0 Å². The molecule has 1 saturated heterocycles. The van der Waals surface area contributed by atoms with Crippen LogP contribution in [0.4, 0.5) is 13.2 Å². The number of hydrogen-bond donors (Lipinski definition) is 2. The van der Waals surface area contributed by atoms with Crippen LogP contribution in [0.1, 0.15) is 15.9 Å². The van der Waals surface area contributed by atoms with E-state index in [4.69, 9.17) is 15.2 Å². The molecule has 1 heterocycles. The van der Waals surface area contributed by atoms with E-state index in [1.54, 1.807) is 0 Å². The number of benzene rings is 1. The van der Waals surface area contributed by atoms with Crippen molar-refractivity contribution in [1.82, 2.24) is 5.32 Å². The minimum absolute atomic E-state index is 0.0182. The second-order valence-electron chi connectivity index (χ2n) is 4.58. The molecule has 1 amide bonds. The third-order valence-electron chi connectivity index (χ3n) is 3.00. The molecule has 5 nitrogen and oxygen atoms in total. The minimum Gasteiger partial charge on any atom is -0.490 e. The van der Waals surface area contributed by atoms with Gasteiger partial charge in [0.1, 0.15) is 18.5 Å². The molecule has 0 bridgehead atoms. The summed E-state index contributed by atoms with van der Waals surface area (Å²) in [5, 5.41) is 3.09. The number of amides is 1. The van der Waals surface area contributed by atoms with Gasteiger partial charge in [-0.1, -0.05) is 0 Å². The number of alkyl halides is 3. The van der Waals surface area contributed by atoms with Crippen molar-refractivity contribution < 1.29 is 27.4 Å². The first-order valence-electron chi connectivity index (χ1n) is 6.34. The fourth-order valence-corrected chi connectivity index (χ4v) is 1.93. The van der Waals surface area contributed by atoms with Crippen LogP contribution in [0.5, 0.6) is 5.75 Å². The summed E-state index contributed by atoms with van der Waals surface area (Å²) in [6.07, 6.45) is -4.76. The van der Waals surface area contributed by atoms with E-state index in [9.17, 15) is 18.0 Å². The van der Waals surface area contributed by atoms with Crippen molar-refractivity contribution in [1.29, 1.82) is 0 Å². The molecule has 0 radical (unpaired) electrons. The molecule has 116 valence electrons. The molecule has 8 heteroatoms. The highest BCUT2D eigenvalue weighted by atomic mass is 19.4. The summed E-state index contributed by atoms with van der Waals surface area (Å²) in [7, 11) is 0. The molecule has 1 atom stereocenters. The highest BCUT2D eigenvalue weighted by molar-refractivity contribution is 5.95. The Morgan fingerprint density at radius 3 is 2.81 bits per heavy atom. The molecule has 1 aliphatic rings. The number of carbonyl (C=O) groups excluding carboxylic acids is 1. The highest BCUT2D eigenvalue weighted by Crippen LogP contribution is 2.32. The second-order valence-corrected chi connectivity index (χ2v) is 4.58. The van der Waals surface area contributed by atoms with E-state index in [2.05, 4.69) is 5.32 Å². The number of halogens is 3. The lowest BCUT2D eigenvalue weighted by Crippen LogP contribution is -2.41. The number of nitrogens with two attached hydrogens (primary N) is 1. The maximum Gasteiger partial charge on any atom is 0.416 e. The summed E-state index contributed by atoms with van der Waals surface area (Å²) in [6, 6.07) is 2.64. The SMILES string of the molecule is NC(=O)c1cc(C(F)(F)F)ccc1OCC1CNCCO1. The first kappa shape index (κ1) is 15.6. The summed E-state index contributed by atoms with van der Waals surface area (Å²) in [5.74, 6) is -0.955. The first-order chi connectivity index (χ1) is 9.88. The molecule has 3 N–H and O–H groups in total. The van der Waals surface area contributed by atoms with Crippen LogP contribution in [0.3, 0.4) is 0 Å². The third-order valence-corrected chi connectivity index (χ3v) is 3.00. The van der Waals surface area contributed by atoms with Gasteiger partial charge in [-0.3, -0.25) is 4.79 Å². The number of primary amides is 1. The van der Waals surface area contributed by atoms with Gasteiger partial charge in [0.2, 0.25) is 0 Å². The van der Waals surface area contributed by atoms with E-state index in [1.165, 1.54) is 0 Å². The fraction of sp³-hybridized carbons (Fsp3) is 0.462. The summed E-state index contributed by atoms with van der Waals surface area (Å²) < 4.78 is 48.6. The van der Waals surface area contributed by atoms with Gasteiger partial charge >= 0.3 is 6.18 Å². The van der Waals surface area contributed by atoms with E-state index in [0.717, 1.165) is 18.7 Å². The number of rotatable bonds is 4. The highest BCUT2D eigenvalue weighted by Gasteiger charge is 2.32. The van der Waals surface area contributed by atoms with Gasteiger partial charge in [0.25, 0.3) is 5.91 Å². The lowest BCUT2D eigenvalue weighted by molar-refractivity contribution is -0.137. The zero-order chi connectivity index (χ0) is 15.5. The van der Waals surface area contributed by atoms with Crippen LogP contribution >= 0.6 is 0 Å². The fourth-order valence-electron chi connectivity index (χ4n) is 1.93. The lowest BCUT2D eigenvalue weighted by atomic mass is 10.1. The number of morpholine rings is 1. The molecule has 1 unspecified atom stereocenters. The smallest absolute Gasteiger partial charge is 0.416 e. The van der Waals surface area contributed by atoms with Crippen molar-refractivity contribution in [2.75, 3.05) is 26.3 Å². The van der Waals surface area contributed by atoms with E-state index in [1.807, 2.05) is 0 Å². The van der Waals surface area contributed by atoms with Gasteiger partial charge in [0, 0.05) is 13.1 Å². The van der Waals surface area contributed by atoms with E-state index < -0.39 is 17.6 Å². The molecule has 1 fully saturated rings. The topological polar surface area (TPSA) is 73.6 Å². The number of hydrogen-bond acceptors (Lipinski definition) is 4. The lowest BCUT2D eigenvalue weighted by Gasteiger charge is -2.24. The Bertz CT molecular complexity index is 514. The largest absolute Gasteiger partial charge is 0.490 e. The quantitative estimate of drug-likeness (QED) is 0.876. The first-order valence-corrected chi connectivity index (χ1v) is 6.34. The van der Waals surface area contributed by atoms with Gasteiger partial charge in [-0.05, 0) is 18.2 Å². The summed E-state index contributed by atoms with van der Waals surface area (Å²) in [4.78, 5) is 11.3. The van der Waals surface area contributed by atoms with Crippen molar-refractivity contribution in [2.24, 2.45) is 5.73 Å². The molecule has 1 aromatic rings. The zero-order valence-electron chi connectivity index (χ0n) is 11.1. The molecule has 21 heavy (non-hydrogen) atoms. The van der Waals surface area contributed by atoms with Crippen LogP contribution in [0.25, 0.3) is 0 Å². The van der Waals surface area contributed by atoms with Gasteiger partial charge in [0.05, 0.1) is 17.7 Å². The predicted octanol–water partition coefficient (Wildman–Crippen LogP) is 1.17. The average Bonchev–Trinajstić information content (AvgIpc) is 2.45. The van der Waals surface area contributed by atoms with E-state index in [-0.39, 0.29) is 24.0 Å². The molecule has 0 saturated carbocycles. The Morgan fingerprint density at radius 1 is 1.48 bits per heavy atom. The number of ether oxygens (including phenoxy) is 2. The Morgan fingerprint density at radius 2 is 2.24 bits per heavy atom. The normalized spacial score (nSPS) is 19.3. The Kier molecular flexibility index (Phi) is 4.69. The van der Waals surface area contributed by atoms with Crippen molar-refractivity contribution in [3.8, 4) is 5.75 Å². The van der Waals surface area contributed by atoms with Crippen molar-refractivity contribution in [3.05, 3.63) is 29.3 Å². The van der Waals surface area contributed by atoms with E-state index >= 15 is 0 Å². The van der Waals surface area contributed by atoms with Crippen molar-refractivity contribution in [3.63, 3.8) is 0 Å². The Balaban J connectivity index is 2.12. The number of carbonyl (C=O) groups is 1. The summed E-state index contributed by atoms with van der Waals surface area (Å²) in [5.41, 5.74) is 3.86. The number of nitrogens with one attached hydrogen (secondary N) is 1. The van der Waals surface area contributed by atoms with Crippen molar-refractivity contribution >= 4 is 5.91 Å². The minimum atomic E-state index is -4.54. The molecule has 1 aliphatic heterocycles. The van der Waals surface area contributed by atoms with Gasteiger partial charge < -0.3 is 20.5 Å². The maximum absolute atomic E-state index is 12.6. The van der Waals surface area contributed by atoms with Gasteiger partial charge in [0.15, 0.2) is 0 Å². The Hall–Kier alpha value is -1.80.